The molecule has 2 aliphatic rings. The number of rotatable bonds is 2. The smallest absolute Gasteiger partial charge is 0.135 e. The molecule has 0 radical (unpaired) electrons. The van der Waals surface area contributed by atoms with Crippen LogP contribution in [0.3, 0.4) is 0 Å². The van der Waals surface area contributed by atoms with Gasteiger partial charge in [0.1, 0.15) is 16.2 Å². The Balaban J connectivity index is 1.88. The molecule has 1 aliphatic carbocycles. The second-order valence-corrected chi connectivity index (χ2v) is 5.83. The fourth-order valence-electron chi connectivity index (χ4n) is 2.25. The Morgan fingerprint density at radius 3 is 2.75 bits per heavy atom. The summed E-state index contributed by atoms with van der Waals surface area (Å²) < 4.78 is 0.930. The van der Waals surface area contributed by atoms with E-state index in [1.54, 1.807) is 0 Å². The standard InChI is InChI=1S/C12H16BrN3/c1-8-4-5-16(7-8)11-6-10(13)14-12(15-11)9-2-3-9/h6,8-9H,2-5,7H2,1H3. The monoisotopic (exact) mass is 281 g/mol. The molecule has 2 heterocycles. The highest BCUT2D eigenvalue weighted by Gasteiger charge is 2.28. The minimum Gasteiger partial charge on any atom is -0.356 e. The molecule has 1 saturated carbocycles. The molecule has 0 aromatic carbocycles. The van der Waals surface area contributed by atoms with Gasteiger partial charge < -0.3 is 4.90 Å². The minimum absolute atomic E-state index is 0.622. The zero-order valence-electron chi connectivity index (χ0n) is 9.49. The summed E-state index contributed by atoms with van der Waals surface area (Å²) in [4.78, 5) is 11.5. The fraction of sp³-hybridized carbons (Fsp3) is 0.667. The number of hydrogen-bond donors (Lipinski definition) is 0. The third-order valence-electron chi connectivity index (χ3n) is 3.39. The van der Waals surface area contributed by atoms with Gasteiger partial charge in [0.05, 0.1) is 0 Å². The van der Waals surface area contributed by atoms with Crippen molar-refractivity contribution in [3.8, 4) is 0 Å². The second-order valence-electron chi connectivity index (χ2n) is 5.02. The summed E-state index contributed by atoms with van der Waals surface area (Å²) in [5, 5.41) is 0. The van der Waals surface area contributed by atoms with E-state index in [2.05, 4.69) is 32.7 Å². The zero-order valence-corrected chi connectivity index (χ0v) is 11.1. The number of anilines is 1. The largest absolute Gasteiger partial charge is 0.356 e. The predicted octanol–water partition coefficient (Wildman–Crippen LogP) is 2.96. The molecular formula is C12H16BrN3. The van der Waals surface area contributed by atoms with Crippen molar-refractivity contribution in [3.63, 3.8) is 0 Å². The lowest BCUT2D eigenvalue weighted by Crippen LogP contribution is -2.21. The molecule has 1 atom stereocenters. The van der Waals surface area contributed by atoms with Gasteiger partial charge in [0.25, 0.3) is 0 Å². The minimum atomic E-state index is 0.622. The first-order valence-corrected chi connectivity index (χ1v) is 6.81. The van der Waals surface area contributed by atoms with Gasteiger partial charge in [0, 0.05) is 25.1 Å². The van der Waals surface area contributed by atoms with Crippen LogP contribution < -0.4 is 4.90 Å². The molecule has 0 amide bonds. The van der Waals surface area contributed by atoms with Gasteiger partial charge in [-0.1, -0.05) is 6.92 Å². The first-order valence-electron chi connectivity index (χ1n) is 6.02. The van der Waals surface area contributed by atoms with Crippen LogP contribution in [0.4, 0.5) is 5.82 Å². The van der Waals surface area contributed by atoms with Crippen LogP contribution in [0, 0.1) is 5.92 Å². The number of nitrogens with zero attached hydrogens (tertiary/aromatic N) is 3. The van der Waals surface area contributed by atoms with Gasteiger partial charge in [-0.05, 0) is 41.1 Å². The van der Waals surface area contributed by atoms with Crippen molar-refractivity contribution in [1.82, 2.24) is 9.97 Å². The molecule has 2 fully saturated rings. The molecule has 1 aromatic heterocycles. The van der Waals surface area contributed by atoms with Crippen LogP contribution in [-0.4, -0.2) is 23.1 Å². The van der Waals surface area contributed by atoms with E-state index in [1.807, 2.05) is 6.07 Å². The Hall–Kier alpha value is -0.640. The zero-order chi connectivity index (χ0) is 11.1. The predicted molar refractivity (Wildman–Crippen MR) is 67.7 cm³/mol. The van der Waals surface area contributed by atoms with Gasteiger partial charge in [-0.15, -0.1) is 0 Å². The topological polar surface area (TPSA) is 29.0 Å². The van der Waals surface area contributed by atoms with Crippen LogP contribution in [0.15, 0.2) is 10.7 Å². The van der Waals surface area contributed by atoms with Crippen molar-refractivity contribution in [3.05, 3.63) is 16.5 Å². The first kappa shape index (κ1) is 10.5. The van der Waals surface area contributed by atoms with Crippen LogP contribution in [0.2, 0.25) is 0 Å². The lowest BCUT2D eigenvalue weighted by molar-refractivity contribution is 0.658. The van der Waals surface area contributed by atoms with E-state index in [-0.39, 0.29) is 0 Å². The lowest BCUT2D eigenvalue weighted by Gasteiger charge is -2.17. The SMILES string of the molecule is CC1CCN(c2cc(Br)nc(C3CC3)n2)C1. The van der Waals surface area contributed by atoms with E-state index in [0.717, 1.165) is 35.3 Å². The van der Waals surface area contributed by atoms with Crippen LogP contribution in [-0.2, 0) is 0 Å². The van der Waals surface area contributed by atoms with E-state index in [1.165, 1.54) is 19.3 Å². The van der Waals surface area contributed by atoms with Crippen LogP contribution in [0.1, 0.15) is 37.9 Å². The molecule has 0 bridgehead atoms. The summed E-state index contributed by atoms with van der Waals surface area (Å²) in [7, 11) is 0. The molecule has 1 aliphatic heterocycles. The first-order chi connectivity index (χ1) is 7.72. The van der Waals surface area contributed by atoms with Gasteiger partial charge in [-0.25, -0.2) is 9.97 Å². The second kappa shape index (κ2) is 3.99. The molecule has 1 aromatic rings. The summed E-state index contributed by atoms with van der Waals surface area (Å²) >= 11 is 3.49. The summed E-state index contributed by atoms with van der Waals surface area (Å²) in [6.07, 6.45) is 3.79. The van der Waals surface area contributed by atoms with Crippen molar-refractivity contribution in [2.24, 2.45) is 5.92 Å². The molecule has 0 N–H and O–H groups in total. The molecule has 3 nitrogen and oxygen atoms in total. The van der Waals surface area contributed by atoms with Gasteiger partial charge in [-0.2, -0.15) is 0 Å². The van der Waals surface area contributed by atoms with E-state index < -0.39 is 0 Å². The summed E-state index contributed by atoms with van der Waals surface area (Å²) in [5.41, 5.74) is 0. The van der Waals surface area contributed by atoms with Crippen molar-refractivity contribution in [1.29, 1.82) is 0 Å². The maximum absolute atomic E-state index is 4.70. The van der Waals surface area contributed by atoms with E-state index in [4.69, 9.17) is 4.98 Å². The highest BCUT2D eigenvalue weighted by atomic mass is 79.9. The van der Waals surface area contributed by atoms with Gasteiger partial charge in [0.15, 0.2) is 0 Å². The van der Waals surface area contributed by atoms with Crippen molar-refractivity contribution in [2.45, 2.75) is 32.1 Å². The highest BCUT2D eigenvalue weighted by Crippen LogP contribution is 2.39. The Bertz CT molecular complexity index is 403. The van der Waals surface area contributed by atoms with Gasteiger partial charge in [0.2, 0.25) is 0 Å². The van der Waals surface area contributed by atoms with Gasteiger partial charge in [-0.3, -0.25) is 0 Å². The van der Waals surface area contributed by atoms with Crippen molar-refractivity contribution >= 4 is 21.7 Å². The number of halogens is 1. The van der Waals surface area contributed by atoms with Crippen LogP contribution in [0.5, 0.6) is 0 Å². The van der Waals surface area contributed by atoms with E-state index >= 15 is 0 Å². The summed E-state index contributed by atoms with van der Waals surface area (Å²) in [6.45, 7) is 4.57. The molecule has 0 spiro atoms. The number of aromatic nitrogens is 2. The molecular weight excluding hydrogens is 266 g/mol. The average molecular weight is 282 g/mol. The Labute approximate surface area is 104 Å². The lowest BCUT2D eigenvalue weighted by atomic mass is 10.2. The third-order valence-corrected chi connectivity index (χ3v) is 3.80. The molecule has 4 heteroatoms. The number of hydrogen-bond acceptors (Lipinski definition) is 3. The summed E-state index contributed by atoms with van der Waals surface area (Å²) in [6, 6.07) is 2.05. The van der Waals surface area contributed by atoms with Gasteiger partial charge >= 0.3 is 0 Å². The fourth-order valence-corrected chi connectivity index (χ4v) is 2.64. The maximum Gasteiger partial charge on any atom is 0.135 e. The molecule has 1 saturated heterocycles. The Morgan fingerprint density at radius 1 is 1.31 bits per heavy atom. The highest BCUT2D eigenvalue weighted by molar-refractivity contribution is 9.10. The molecule has 16 heavy (non-hydrogen) atoms. The van der Waals surface area contributed by atoms with Crippen LogP contribution in [0.25, 0.3) is 0 Å². The van der Waals surface area contributed by atoms with Crippen molar-refractivity contribution < 1.29 is 0 Å². The molecule has 86 valence electrons. The maximum atomic E-state index is 4.70. The van der Waals surface area contributed by atoms with E-state index in [0.29, 0.717) is 5.92 Å². The average Bonchev–Trinajstić information content (AvgIpc) is 3.01. The summed E-state index contributed by atoms with van der Waals surface area (Å²) in [5.74, 6) is 3.55. The molecule has 3 rings (SSSR count). The van der Waals surface area contributed by atoms with Crippen LogP contribution >= 0.6 is 15.9 Å². The normalized spacial score (nSPS) is 25.1. The third kappa shape index (κ3) is 2.08. The molecule has 1 unspecified atom stereocenters. The Kier molecular flexibility index (Phi) is 2.62. The quantitative estimate of drug-likeness (QED) is 0.781. The van der Waals surface area contributed by atoms with E-state index in [9.17, 15) is 0 Å². The Morgan fingerprint density at radius 2 is 2.12 bits per heavy atom. The van der Waals surface area contributed by atoms with Crippen molar-refractivity contribution in [2.75, 3.05) is 18.0 Å².